The first-order chi connectivity index (χ1) is 15.1. The monoisotopic (exact) mass is 473 g/mol. The van der Waals surface area contributed by atoms with E-state index in [0.717, 1.165) is 40.7 Å². The van der Waals surface area contributed by atoms with E-state index in [1.165, 1.54) is 11.8 Å². The number of amidine groups is 1. The van der Waals surface area contributed by atoms with Crippen LogP contribution in [0.15, 0.2) is 62.3 Å². The van der Waals surface area contributed by atoms with Crippen LogP contribution in [0.25, 0.3) is 0 Å². The number of carbonyl (C=O) groups excluding carboxylic acids is 1. The number of unbranched alkanes of at least 4 members (excludes halogenated alkanes) is 1. The molecule has 0 unspecified atom stereocenters. The summed E-state index contributed by atoms with van der Waals surface area (Å²) >= 11 is 9.39. The van der Waals surface area contributed by atoms with Crippen molar-refractivity contribution < 1.29 is 9.53 Å². The fourth-order valence-corrected chi connectivity index (χ4v) is 6.02. The van der Waals surface area contributed by atoms with Gasteiger partial charge in [-0.15, -0.1) is 0 Å². The van der Waals surface area contributed by atoms with E-state index in [4.69, 9.17) is 21.3 Å². The number of hydrogen-bond donors (Lipinski definition) is 0. The van der Waals surface area contributed by atoms with Crippen LogP contribution in [0.5, 0.6) is 5.75 Å². The summed E-state index contributed by atoms with van der Waals surface area (Å²) in [4.78, 5) is 24.1. The van der Waals surface area contributed by atoms with Crippen LogP contribution in [0.4, 0.5) is 11.4 Å². The van der Waals surface area contributed by atoms with Gasteiger partial charge in [-0.3, -0.25) is 9.69 Å². The van der Waals surface area contributed by atoms with Gasteiger partial charge < -0.3 is 9.64 Å². The van der Waals surface area contributed by atoms with E-state index >= 15 is 0 Å². The zero-order valence-electron chi connectivity index (χ0n) is 17.7. The molecule has 2 aliphatic rings. The topological polar surface area (TPSA) is 45.1 Å². The standard InChI is InChI=1S/C23H24ClN3O2S2/c1-4-6-13-27-21(28)20(31-23(27)25-17-10-8-7-9-16(17)24)22-26(5-2)18-14-15(29-3)11-12-19(18)30-22/h7-12,14H,4-6,13H2,1-3H3/b22-20-,25-23?. The molecule has 0 atom stereocenters. The first kappa shape index (κ1) is 22.1. The van der Waals surface area contributed by atoms with E-state index in [1.54, 1.807) is 23.8 Å². The number of carbonyl (C=O) groups is 1. The Bertz CT molecular complexity index is 1070. The molecular weight excluding hydrogens is 450 g/mol. The molecule has 1 saturated heterocycles. The van der Waals surface area contributed by atoms with Crippen LogP contribution in [0.2, 0.25) is 5.02 Å². The molecule has 8 heteroatoms. The quantitative estimate of drug-likeness (QED) is 0.447. The van der Waals surface area contributed by atoms with E-state index in [0.29, 0.717) is 27.3 Å². The Hall–Kier alpha value is -2.09. The SMILES string of the molecule is CCCCN1C(=O)/C(=C2/Sc3ccc(OC)cc3N2CC)SC1=Nc1ccccc1Cl. The number of hydrogen-bond acceptors (Lipinski definition) is 6. The third-order valence-electron chi connectivity index (χ3n) is 5.09. The normalized spacial score (nSPS) is 19.5. The molecule has 5 nitrogen and oxygen atoms in total. The predicted octanol–water partition coefficient (Wildman–Crippen LogP) is 6.51. The summed E-state index contributed by atoms with van der Waals surface area (Å²) in [5, 5.41) is 2.20. The van der Waals surface area contributed by atoms with Gasteiger partial charge in [-0.25, -0.2) is 4.99 Å². The van der Waals surface area contributed by atoms with Crippen LogP contribution in [0, 0.1) is 0 Å². The predicted molar refractivity (Wildman–Crippen MR) is 132 cm³/mol. The van der Waals surface area contributed by atoms with E-state index in [-0.39, 0.29) is 5.91 Å². The molecule has 162 valence electrons. The molecule has 0 aliphatic carbocycles. The summed E-state index contributed by atoms with van der Waals surface area (Å²) in [5.41, 5.74) is 1.74. The summed E-state index contributed by atoms with van der Waals surface area (Å²) in [6.07, 6.45) is 1.92. The fraction of sp³-hybridized carbons (Fsp3) is 0.304. The highest BCUT2D eigenvalue weighted by Crippen LogP contribution is 2.51. The lowest BCUT2D eigenvalue weighted by atomic mass is 10.2. The minimum Gasteiger partial charge on any atom is -0.497 e. The molecule has 2 heterocycles. The van der Waals surface area contributed by atoms with Crippen molar-refractivity contribution in [3.63, 3.8) is 0 Å². The Morgan fingerprint density at radius 3 is 2.61 bits per heavy atom. The van der Waals surface area contributed by atoms with Crippen molar-refractivity contribution >= 4 is 57.6 Å². The Kier molecular flexibility index (Phi) is 6.84. The van der Waals surface area contributed by atoms with Crippen LogP contribution >= 0.6 is 35.1 Å². The fourth-order valence-electron chi connectivity index (χ4n) is 3.45. The van der Waals surface area contributed by atoms with Gasteiger partial charge in [-0.05, 0) is 49.4 Å². The number of fused-ring (bicyclic) bond motifs is 1. The second kappa shape index (κ2) is 9.59. The van der Waals surface area contributed by atoms with Crippen LogP contribution in [-0.2, 0) is 4.79 Å². The summed E-state index contributed by atoms with van der Waals surface area (Å²) in [6, 6.07) is 13.5. The van der Waals surface area contributed by atoms with Crippen molar-refractivity contribution in [3.05, 3.63) is 57.4 Å². The van der Waals surface area contributed by atoms with Gasteiger partial charge in [0.25, 0.3) is 5.91 Å². The van der Waals surface area contributed by atoms with Crippen molar-refractivity contribution in [3.8, 4) is 5.75 Å². The molecule has 2 aromatic rings. The number of amides is 1. The van der Waals surface area contributed by atoms with Crippen molar-refractivity contribution in [1.82, 2.24) is 4.90 Å². The van der Waals surface area contributed by atoms with Gasteiger partial charge in [0.2, 0.25) is 0 Å². The Morgan fingerprint density at radius 2 is 1.90 bits per heavy atom. The zero-order chi connectivity index (χ0) is 22.0. The van der Waals surface area contributed by atoms with Crippen molar-refractivity contribution in [2.45, 2.75) is 31.6 Å². The van der Waals surface area contributed by atoms with Gasteiger partial charge >= 0.3 is 0 Å². The lowest BCUT2D eigenvalue weighted by Gasteiger charge is -2.19. The van der Waals surface area contributed by atoms with Crippen LogP contribution < -0.4 is 9.64 Å². The van der Waals surface area contributed by atoms with Gasteiger partial charge in [0.1, 0.15) is 15.7 Å². The number of thioether (sulfide) groups is 2. The maximum atomic E-state index is 13.5. The summed E-state index contributed by atoms with van der Waals surface area (Å²) < 4.78 is 5.41. The molecule has 31 heavy (non-hydrogen) atoms. The Labute approximate surface area is 196 Å². The average Bonchev–Trinajstić information content (AvgIpc) is 3.30. The first-order valence-electron chi connectivity index (χ1n) is 10.3. The van der Waals surface area contributed by atoms with Gasteiger partial charge in [-0.2, -0.15) is 0 Å². The van der Waals surface area contributed by atoms with Gasteiger partial charge in [0.05, 0.1) is 23.5 Å². The molecule has 0 N–H and O–H groups in total. The van der Waals surface area contributed by atoms with Crippen LogP contribution in [0.3, 0.4) is 0 Å². The molecule has 0 bridgehead atoms. The maximum Gasteiger partial charge on any atom is 0.269 e. The smallest absolute Gasteiger partial charge is 0.269 e. The van der Waals surface area contributed by atoms with Crippen molar-refractivity contribution in [2.75, 3.05) is 25.1 Å². The number of methoxy groups -OCH3 is 1. The summed E-state index contributed by atoms with van der Waals surface area (Å²) in [6.45, 7) is 5.60. The van der Waals surface area contributed by atoms with Gasteiger partial charge in [-0.1, -0.05) is 48.8 Å². The van der Waals surface area contributed by atoms with Crippen molar-refractivity contribution in [2.24, 2.45) is 4.99 Å². The van der Waals surface area contributed by atoms with Gasteiger partial charge in [0.15, 0.2) is 5.17 Å². The second-order valence-electron chi connectivity index (χ2n) is 7.07. The van der Waals surface area contributed by atoms with Crippen molar-refractivity contribution in [1.29, 1.82) is 0 Å². The molecule has 0 radical (unpaired) electrons. The molecule has 1 fully saturated rings. The Balaban J connectivity index is 1.75. The van der Waals surface area contributed by atoms with Crippen LogP contribution in [-0.4, -0.2) is 36.2 Å². The molecule has 0 aromatic heterocycles. The number of ether oxygens (including phenoxy) is 1. The minimum absolute atomic E-state index is 0.00461. The van der Waals surface area contributed by atoms with E-state index in [9.17, 15) is 4.79 Å². The number of aliphatic imine (C=N–C) groups is 1. The lowest BCUT2D eigenvalue weighted by Crippen LogP contribution is -2.30. The molecule has 1 amide bonds. The highest BCUT2D eigenvalue weighted by Gasteiger charge is 2.39. The molecule has 4 rings (SSSR count). The largest absolute Gasteiger partial charge is 0.497 e. The number of para-hydroxylation sites is 1. The summed E-state index contributed by atoms with van der Waals surface area (Å²) in [7, 11) is 1.67. The molecule has 2 aromatic carbocycles. The molecular formula is C23H24ClN3O2S2. The summed E-state index contributed by atoms with van der Waals surface area (Å²) in [5.74, 6) is 0.810. The maximum absolute atomic E-state index is 13.5. The number of halogens is 1. The third-order valence-corrected chi connectivity index (χ3v) is 7.78. The number of benzene rings is 2. The number of anilines is 1. The zero-order valence-corrected chi connectivity index (χ0v) is 20.1. The first-order valence-corrected chi connectivity index (χ1v) is 12.3. The molecule has 0 spiro atoms. The van der Waals surface area contributed by atoms with E-state index < -0.39 is 0 Å². The number of rotatable bonds is 6. The molecule has 0 saturated carbocycles. The van der Waals surface area contributed by atoms with E-state index in [2.05, 4.69) is 18.7 Å². The highest BCUT2D eigenvalue weighted by molar-refractivity contribution is 8.19. The van der Waals surface area contributed by atoms with Gasteiger partial charge in [0, 0.05) is 24.1 Å². The molecule has 2 aliphatic heterocycles. The average molecular weight is 474 g/mol. The van der Waals surface area contributed by atoms with Crippen LogP contribution in [0.1, 0.15) is 26.7 Å². The third kappa shape index (κ3) is 4.31. The minimum atomic E-state index is 0.00461. The lowest BCUT2D eigenvalue weighted by molar-refractivity contribution is -0.122. The second-order valence-corrected chi connectivity index (χ2v) is 9.49. The van der Waals surface area contributed by atoms with E-state index in [1.807, 2.05) is 42.5 Å². The number of nitrogens with zero attached hydrogens (tertiary/aromatic N) is 3. The Morgan fingerprint density at radius 1 is 1.10 bits per heavy atom. The highest BCUT2D eigenvalue weighted by atomic mass is 35.5.